The van der Waals surface area contributed by atoms with Crippen LogP contribution in [0.3, 0.4) is 0 Å². The van der Waals surface area contributed by atoms with Crippen LogP contribution in [0.15, 0.2) is 24.3 Å². The van der Waals surface area contributed by atoms with Crippen molar-refractivity contribution in [2.24, 2.45) is 11.8 Å². The SMILES string of the molecule is CCC(O)CC[C@H](O)/C=C/[C@@H]1[C@@H](C/C=C\CCCC(=O)[O-])[C@@H](O)C[C@H]1O.[Na+]. The predicted octanol–water partition coefficient (Wildman–Crippen LogP) is -2.32. The second-order valence-electron chi connectivity index (χ2n) is 7.17. The number of hydrogen-bond donors (Lipinski definition) is 4. The second-order valence-corrected chi connectivity index (χ2v) is 7.17. The van der Waals surface area contributed by atoms with Gasteiger partial charge in [-0.05, 0) is 50.9 Å². The third-order valence-electron chi connectivity index (χ3n) is 5.06. The Morgan fingerprint density at radius 3 is 2.52 bits per heavy atom. The molecule has 1 aliphatic rings. The summed E-state index contributed by atoms with van der Waals surface area (Å²) in [6, 6.07) is 0. The van der Waals surface area contributed by atoms with Crippen molar-refractivity contribution < 1.29 is 59.9 Å². The van der Waals surface area contributed by atoms with E-state index in [9.17, 15) is 30.3 Å². The van der Waals surface area contributed by atoms with Crippen molar-refractivity contribution in [2.75, 3.05) is 0 Å². The molecule has 1 saturated carbocycles. The average molecular weight is 392 g/mol. The standard InChI is InChI=1S/C20H34O6.Na/c1-2-14(21)9-10-15(22)11-12-17-16(18(23)13-19(17)24)7-5-3-4-6-8-20(25)26;/h3,5,11-12,14-19,21-24H,2,4,6-10,13H2,1H3,(H,25,26);/q;+1/p-1/b5-3-,12-11+;/t14?,15-,16+,17+,18-,19+;/m0./s1. The predicted molar refractivity (Wildman–Crippen MR) is 96.9 cm³/mol. The van der Waals surface area contributed by atoms with E-state index in [-0.39, 0.29) is 47.8 Å². The summed E-state index contributed by atoms with van der Waals surface area (Å²) in [5, 5.41) is 50.2. The zero-order valence-electron chi connectivity index (χ0n) is 16.5. The van der Waals surface area contributed by atoms with Gasteiger partial charge in [0.15, 0.2) is 0 Å². The van der Waals surface area contributed by atoms with Gasteiger partial charge in [-0.15, -0.1) is 0 Å². The molecule has 0 bridgehead atoms. The molecule has 0 aliphatic heterocycles. The summed E-state index contributed by atoms with van der Waals surface area (Å²) in [5.41, 5.74) is 0. The Bertz CT molecular complexity index is 467. The van der Waals surface area contributed by atoms with Crippen molar-refractivity contribution >= 4 is 5.97 Å². The Kier molecular flexibility index (Phi) is 14.6. The molecule has 0 aromatic rings. The van der Waals surface area contributed by atoms with Gasteiger partial charge in [0.1, 0.15) is 0 Å². The Hall–Kier alpha value is -0.210. The van der Waals surface area contributed by atoms with Gasteiger partial charge in [0.2, 0.25) is 0 Å². The van der Waals surface area contributed by atoms with E-state index in [0.29, 0.717) is 44.9 Å². The summed E-state index contributed by atoms with van der Waals surface area (Å²) in [6.07, 6.45) is 8.61. The van der Waals surface area contributed by atoms with Crippen molar-refractivity contribution in [1.82, 2.24) is 0 Å². The first kappa shape index (κ1) is 26.8. The molecule has 0 aromatic carbocycles. The van der Waals surface area contributed by atoms with Crippen LogP contribution >= 0.6 is 0 Å². The summed E-state index contributed by atoms with van der Waals surface area (Å²) in [5.74, 6) is -1.42. The first-order valence-electron chi connectivity index (χ1n) is 9.60. The van der Waals surface area contributed by atoms with Crippen LogP contribution in [-0.2, 0) is 4.79 Å². The van der Waals surface area contributed by atoms with Crippen molar-refractivity contribution in [2.45, 2.75) is 82.7 Å². The number of allylic oxidation sites excluding steroid dienone is 2. The van der Waals surface area contributed by atoms with Crippen molar-refractivity contribution in [1.29, 1.82) is 0 Å². The maximum absolute atomic E-state index is 10.4. The summed E-state index contributed by atoms with van der Waals surface area (Å²) < 4.78 is 0. The Morgan fingerprint density at radius 2 is 1.89 bits per heavy atom. The van der Waals surface area contributed by atoms with Crippen LogP contribution in [0.4, 0.5) is 0 Å². The quantitative estimate of drug-likeness (QED) is 0.168. The molecular formula is C20H33NaO6. The van der Waals surface area contributed by atoms with Crippen LogP contribution < -0.4 is 34.7 Å². The van der Waals surface area contributed by atoms with Crippen LogP contribution in [0.2, 0.25) is 0 Å². The first-order chi connectivity index (χ1) is 12.3. The number of aliphatic hydroxyl groups is 4. The molecule has 1 aliphatic carbocycles. The summed E-state index contributed by atoms with van der Waals surface area (Å²) >= 11 is 0. The third-order valence-corrected chi connectivity index (χ3v) is 5.06. The molecule has 0 aromatic heterocycles. The zero-order valence-corrected chi connectivity index (χ0v) is 18.5. The fourth-order valence-electron chi connectivity index (χ4n) is 3.36. The number of carboxylic acid groups (broad SMARTS) is 1. The fourth-order valence-corrected chi connectivity index (χ4v) is 3.36. The molecular weight excluding hydrogens is 359 g/mol. The molecule has 0 spiro atoms. The van der Waals surface area contributed by atoms with Gasteiger partial charge in [0, 0.05) is 18.3 Å². The van der Waals surface area contributed by atoms with E-state index in [1.807, 2.05) is 19.1 Å². The molecule has 1 unspecified atom stereocenters. The van der Waals surface area contributed by atoms with Crippen LogP contribution in [0, 0.1) is 11.8 Å². The van der Waals surface area contributed by atoms with Gasteiger partial charge in [-0.25, -0.2) is 0 Å². The number of unbranched alkanes of at least 4 members (excludes halogenated alkanes) is 1. The zero-order chi connectivity index (χ0) is 19.5. The molecule has 0 heterocycles. The van der Waals surface area contributed by atoms with E-state index >= 15 is 0 Å². The van der Waals surface area contributed by atoms with Crippen molar-refractivity contribution in [3.63, 3.8) is 0 Å². The molecule has 0 amide bonds. The van der Waals surface area contributed by atoms with Crippen molar-refractivity contribution in [3.05, 3.63) is 24.3 Å². The Morgan fingerprint density at radius 1 is 1.19 bits per heavy atom. The number of carboxylic acids is 1. The maximum Gasteiger partial charge on any atom is 1.00 e. The van der Waals surface area contributed by atoms with Crippen LogP contribution in [0.5, 0.6) is 0 Å². The minimum atomic E-state index is -1.05. The molecule has 4 N–H and O–H groups in total. The molecule has 7 heteroatoms. The molecule has 0 radical (unpaired) electrons. The van der Waals surface area contributed by atoms with Gasteiger partial charge in [-0.2, -0.15) is 0 Å². The monoisotopic (exact) mass is 392 g/mol. The van der Waals surface area contributed by atoms with Gasteiger partial charge in [0.25, 0.3) is 0 Å². The number of carbonyl (C=O) groups is 1. The Balaban J connectivity index is 0.00000676. The number of aliphatic hydroxyl groups excluding tert-OH is 4. The minimum absolute atomic E-state index is 0. The molecule has 27 heavy (non-hydrogen) atoms. The second kappa shape index (κ2) is 14.7. The number of hydrogen-bond acceptors (Lipinski definition) is 6. The molecule has 6 atom stereocenters. The van der Waals surface area contributed by atoms with Crippen molar-refractivity contribution in [3.8, 4) is 0 Å². The number of aliphatic carboxylic acids is 1. The van der Waals surface area contributed by atoms with Gasteiger partial charge in [-0.3, -0.25) is 0 Å². The first-order valence-corrected chi connectivity index (χ1v) is 9.60. The topological polar surface area (TPSA) is 121 Å². The van der Waals surface area contributed by atoms with E-state index in [0.717, 1.165) is 0 Å². The van der Waals surface area contributed by atoms with Gasteiger partial charge >= 0.3 is 29.6 Å². The summed E-state index contributed by atoms with van der Waals surface area (Å²) in [6.45, 7) is 1.89. The van der Waals surface area contributed by atoms with Gasteiger partial charge in [-0.1, -0.05) is 31.2 Å². The summed E-state index contributed by atoms with van der Waals surface area (Å²) in [4.78, 5) is 10.4. The number of rotatable bonds is 12. The molecule has 1 rings (SSSR count). The van der Waals surface area contributed by atoms with E-state index < -0.39 is 30.4 Å². The van der Waals surface area contributed by atoms with E-state index in [1.54, 1.807) is 12.2 Å². The van der Waals surface area contributed by atoms with Gasteiger partial charge < -0.3 is 30.3 Å². The van der Waals surface area contributed by atoms with Crippen LogP contribution in [0.25, 0.3) is 0 Å². The molecule has 150 valence electrons. The van der Waals surface area contributed by atoms with Crippen LogP contribution in [-0.4, -0.2) is 50.8 Å². The summed E-state index contributed by atoms with van der Waals surface area (Å²) in [7, 11) is 0. The Labute approximate surface area is 184 Å². The maximum atomic E-state index is 10.4. The van der Waals surface area contributed by atoms with E-state index in [4.69, 9.17) is 0 Å². The minimum Gasteiger partial charge on any atom is -0.550 e. The van der Waals surface area contributed by atoms with E-state index in [1.165, 1.54) is 0 Å². The van der Waals surface area contributed by atoms with Gasteiger partial charge in [0.05, 0.1) is 24.4 Å². The molecule has 6 nitrogen and oxygen atoms in total. The smallest absolute Gasteiger partial charge is 0.550 e. The van der Waals surface area contributed by atoms with Crippen LogP contribution in [0.1, 0.15) is 58.3 Å². The molecule has 0 saturated heterocycles. The molecule has 1 fully saturated rings. The normalized spacial score (nSPS) is 27.7. The average Bonchev–Trinajstić information content (AvgIpc) is 2.86. The fraction of sp³-hybridized carbons (Fsp3) is 0.750. The third kappa shape index (κ3) is 10.8. The van der Waals surface area contributed by atoms with E-state index in [2.05, 4.69) is 0 Å². The largest absolute Gasteiger partial charge is 1.00 e. The number of carbonyl (C=O) groups excluding carboxylic acids is 1.